The Bertz CT molecular complexity index is 356. The van der Waals surface area contributed by atoms with Crippen molar-refractivity contribution in [3.8, 4) is 0 Å². The van der Waals surface area contributed by atoms with Gasteiger partial charge in [0.05, 0.1) is 0 Å². The average Bonchev–Trinajstić information content (AvgIpc) is 2.65. The van der Waals surface area contributed by atoms with Crippen LogP contribution < -0.4 is 0 Å². The van der Waals surface area contributed by atoms with Crippen LogP contribution in [0, 0.1) is 6.58 Å². The first kappa shape index (κ1) is 9.00. The van der Waals surface area contributed by atoms with E-state index in [4.69, 9.17) is 6.58 Å². The lowest BCUT2D eigenvalue weighted by atomic mass is 10.2. The number of rotatable bonds is 1. The van der Waals surface area contributed by atoms with Crippen molar-refractivity contribution in [2.24, 2.45) is 0 Å². The van der Waals surface area contributed by atoms with E-state index in [2.05, 4.69) is 0 Å². The van der Waals surface area contributed by atoms with Gasteiger partial charge in [-0.2, -0.15) is 0 Å². The maximum atomic E-state index is 11.8. The van der Waals surface area contributed by atoms with Gasteiger partial charge in [0.25, 0.3) is 5.91 Å². The molecule has 2 nitrogen and oxygen atoms in total. The van der Waals surface area contributed by atoms with Crippen molar-refractivity contribution in [3.63, 3.8) is 0 Å². The van der Waals surface area contributed by atoms with Crippen molar-refractivity contribution < 1.29 is 4.79 Å². The summed E-state index contributed by atoms with van der Waals surface area (Å²) in [7, 11) is 0. The molecule has 0 atom stereocenters. The standard InChI is InChI=1S/C12H12NO/c1-10-7-8-13(9-10)12(14)11-5-3-2-4-6-11/h1-6H,7-9H2. The van der Waals surface area contributed by atoms with Gasteiger partial charge in [-0.15, -0.1) is 0 Å². The molecule has 71 valence electrons. The molecule has 0 N–H and O–H groups in total. The molecule has 1 aromatic carbocycles. The van der Waals surface area contributed by atoms with Crippen molar-refractivity contribution in [3.05, 3.63) is 48.0 Å². The van der Waals surface area contributed by atoms with E-state index in [1.807, 2.05) is 30.3 Å². The fraction of sp³-hybridized carbons (Fsp3) is 0.250. The minimum atomic E-state index is 0.0750. The third-order valence-electron chi connectivity index (χ3n) is 2.40. The molecule has 2 heteroatoms. The van der Waals surface area contributed by atoms with Crippen LogP contribution >= 0.6 is 0 Å². The summed E-state index contributed by atoms with van der Waals surface area (Å²) in [6.45, 7) is 7.02. The maximum Gasteiger partial charge on any atom is 0.254 e. The van der Waals surface area contributed by atoms with Gasteiger partial charge in [0.2, 0.25) is 0 Å². The summed E-state index contributed by atoms with van der Waals surface area (Å²) in [5.74, 6) is 0.0750. The Kier molecular flexibility index (Phi) is 2.35. The molecule has 1 heterocycles. The second-order valence-electron chi connectivity index (χ2n) is 3.50. The van der Waals surface area contributed by atoms with E-state index in [0.717, 1.165) is 24.1 Å². The monoisotopic (exact) mass is 186 g/mol. The molecule has 0 bridgehead atoms. The number of nitrogens with zero attached hydrogens (tertiary/aromatic N) is 1. The van der Waals surface area contributed by atoms with E-state index in [0.29, 0.717) is 6.54 Å². The highest BCUT2D eigenvalue weighted by molar-refractivity contribution is 5.94. The highest BCUT2D eigenvalue weighted by Crippen LogP contribution is 2.15. The number of hydrogen-bond donors (Lipinski definition) is 0. The van der Waals surface area contributed by atoms with Crippen LogP contribution in [0.15, 0.2) is 35.9 Å². The van der Waals surface area contributed by atoms with Gasteiger partial charge in [-0.25, -0.2) is 0 Å². The first-order valence-electron chi connectivity index (χ1n) is 4.72. The van der Waals surface area contributed by atoms with Gasteiger partial charge in [0, 0.05) is 18.7 Å². The molecule has 1 amide bonds. The van der Waals surface area contributed by atoms with Gasteiger partial charge < -0.3 is 4.90 Å². The number of amides is 1. The number of benzene rings is 1. The summed E-state index contributed by atoms with van der Waals surface area (Å²) in [5.41, 5.74) is 1.64. The SMILES string of the molecule is [CH]=C1CCN(C(=O)c2ccccc2)C1. The van der Waals surface area contributed by atoms with Crippen LogP contribution in [0.2, 0.25) is 0 Å². The van der Waals surface area contributed by atoms with Gasteiger partial charge in [-0.05, 0) is 24.1 Å². The van der Waals surface area contributed by atoms with Crippen LogP contribution in [0.3, 0.4) is 0 Å². The predicted molar refractivity (Wildman–Crippen MR) is 54.8 cm³/mol. The number of carbonyl (C=O) groups excluding carboxylic acids is 1. The Balaban J connectivity index is 2.13. The van der Waals surface area contributed by atoms with Gasteiger partial charge in [-0.1, -0.05) is 24.8 Å². The lowest BCUT2D eigenvalue weighted by Crippen LogP contribution is -2.27. The fourth-order valence-corrected chi connectivity index (χ4v) is 1.62. The summed E-state index contributed by atoms with van der Waals surface area (Å²) >= 11 is 0. The van der Waals surface area contributed by atoms with Crippen molar-refractivity contribution in [1.82, 2.24) is 4.90 Å². The average molecular weight is 186 g/mol. The molecule has 1 fully saturated rings. The molecule has 0 aromatic heterocycles. The molecule has 1 aliphatic rings. The Labute approximate surface area is 83.8 Å². The summed E-state index contributed by atoms with van der Waals surface area (Å²) in [5, 5.41) is 0. The van der Waals surface area contributed by atoms with Crippen LogP contribution in [0.5, 0.6) is 0 Å². The molecular formula is C12H12NO. The molecule has 0 unspecified atom stereocenters. The van der Waals surface area contributed by atoms with E-state index < -0.39 is 0 Å². The summed E-state index contributed by atoms with van der Waals surface area (Å²) in [4.78, 5) is 13.6. The van der Waals surface area contributed by atoms with E-state index in [-0.39, 0.29) is 5.91 Å². The molecule has 1 aromatic rings. The van der Waals surface area contributed by atoms with E-state index >= 15 is 0 Å². The Morgan fingerprint density at radius 1 is 1.29 bits per heavy atom. The van der Waals surface area contributed by atoms with E-state index in [1.165, 1.54) is 0 Å². The fourth-order valence-electron chi connectivity index (χ4n) is 1.62. The highest BCUT2D eigenvalue weighted by Gasteiger charge is 2.21. The third kappa shape index (κ3) is 1.69. The van der Waals surface area contributed by atoms with Crippen LogP contribution in [-0.2, 0) is 0 Å². The minimum Gasteiger partial charge on any atom is -0.334 e. The van der Waals surface area contributed by atoms with Gasteiger partial charge in [0.1, 0.15) is 0 Å². The quantitative estimate of drug-likeness (QED) is 0.656. The lowest BCUT2D eigenvalue weighted by Gasteiger charge is -2.14. The topological polar surface area (TPSA) is 20.3 Å². The van der Waals surface area contributed by atoms with Crippen LogP contribution in [0.4, 0.5) is 0 Å². The second-order valence-corrected chi connectivity index (χ2v) is 3.50. The molecule has 1 saturated heterocycles. The van der Waals surface area contributed by atoms with Crippen LogP contribution in [0.1, 0.15) is 16.8 Å². The zero-order chi connectivity index (χ0) is 9.97. The van der Waals surface area contributed by atoms with Gasteiger partial charge in [0.15, 0.2) is 0 Å². The minimum absolute atomic E-state index is 0.0750. The molecule has 0 aliphatic carbocycles. The summed E-state index contributed by atoms with van der Waals surface area (Å²) in [6, 6.07) is 9.31. The van der Waals surface area contributed by atoms with Gasteiger partial charge in [-0.3, -0.25) is 4.79 Å². The van der Waals surface area contributed by atoms with E-state index in [1.54, 1.807) is 4.90 Å². The molecule has 14 heavy (non-hydrogen) atoms. The molecule has 0 saturated carbocycles. The highest BCUT2D eigenvalue weighted by atomic mass is 16.2. The van der Waals surface area contributed by atoms with Crippen molar-refractivity contribution >= 4 is 5.91 Å². The third-order valence-corrected chi connectivity index (χ3v) is 2.40. The Hall–Kier alpha value is -1.57. The molecule has 2 rings (SSSR count). The summed E-state index contributed by atoms with van der Waals surface area (Å²) in [6.07, 6.45) is 0.832. The van der Waals surface area contributed by atoms with E-state index in [9.17, 15) is 4.79 Å². The molecule has 1 radical (unpaired) electrons. The predicted octanol–water partition coefficient (Wildman–Crippen LogP) is 1.89. The number of carbonyl (C=O) groups is 1. The molecule has 0 spiro atoms. The van der Waals surface area contributed by atoms with Crippen molar-refractivity contribution in [1.29, 1.82) is 0 Å². The second kappa shape index (κ2) is 3.66. The number of likely N-dealkylation sites (tertiary alicyclic amines) is 1. The van der Waals surface area contributed by atoms with Crippen molar-refractivity contribution in [2.75, 3.05) is 13.1 Å². The number of hydrogen-bond acceptors (Lipinski definition) is 1. The van der Waals surface area contributed by atoms with Crippen LogP contribution in [0.25, 0.3) is 0 Å². The van der Waals surface area contributed by atoms with Crippen LogP contribution in [-0.4, -0.2) is 23.9 Å². The zero-order valence-electron chi connectivity index (χ0n) is 7.94. The maximum absolute atomic E-state index is 11.8. The summed E-state index contributed by atoms with van der Waals surface area (Å²) < 4.78 is 0. The molecular weight excluding hydrogens is 174 g/mol. The zero-order valence-corrected chi connectivity index (χ0v) is 7.94. The Morgan fingerprint density at radius 2 is 2.00 bits per heavy atom. The smallest absolute Gasteiger partial charge is 0.254 e. The first-order chi connectivity index (χ1) is 6.77. The van der Waals surface area contributed by atoms with Crippen molar-refractivity contribution in [2.45, 2.75) is 6.42 Å². The first-order valence-corrected chi connectivity index (χ1v) is 4.72. The normalized spacial score (nSPS) is 16.0. The largest absolute Gasteiger partial charge is 0.334 e. The molecule has 1 aliphatic heterocycles. The Morgan fingerprint density at radius 3 is 2.57 bits per heavy atom. The lowest BCUT2D eigenvalue weighted by molar-refractivity contribution is 0.0796. The van der Waals surface area contributed by atoms with Gasteiger partial charge >= 0.3 is 0 Å².